The van der Waals surface area contributed by atoms with E-state index in [1.807, 2.05) is 0 Å². The third kappa shape index (κ3) is 2.75. The van der Waals surface area contributed by atoms with E-state index in [-0.39, 0.29) is 11.6 Å². The number of halogens is 1. The maximum absolute atomic E-state index is 6.47. The fourth-order valence-corrected chi connectivity index (χ4v) is 4.04. The average Bonchev–Trinajstić information content (AvgIpc) is 2.49. The van der Waals surface area contributed by atoms with Crippen molar-refractivity contribution in [2.24, 2.45) is 11.1 Å². The highest BCUT2D eigenvalue weighted by Gasteiger charge is 2.42. The SMILES string of the molecule is CC1(C)CCCC2(CC1)CC(N)c1ccc(Br)cc1O2. The summed E-state index contributed by atoms with van der Waals surface area (Å²) in [6.45, 7) is 4.75. The van der Waals surface area contributed by atoms with Crippen LogP contribution in [0.3, 0.4) is 0 Å². The van der Waals surface area contributed by atoms with Crippen molar-refractivity contribution >= 4 is 15.9 Å². The van der Waals surface area contributed by atoms with Crippen molar-refractivity contribution < 1.29 is 4.74 Å². The summed E-state index contributed by atoms with van der Waals surface area (Å²) in [7, 11) is 0. The Bertz CT molecular complexity index is 514. The zero-order valence-electron chi connectivity index (χ0n) is 12.4. The molecule has 2 atom stereocenters. The monoisotopic (exact) mass is 337 g/mol. The highest BCUT2D eigenvalue weighted by molar-refractivity contribution is 9.10. The van der Waals surface area contributed by atoms with Crippen LogP contribution in [0.4, 0.5) is 0 Å². The molecule has 2 N–H and O–H groups in total. The van der Waals surface area contributed by atoms with Gasteiger partial charge < -0.3 is 10.5 Å². The lowest BCUT2D eigenvalue weighted by molar-refractivity contribution is 0.0188. The summed E-state index contributed by atoms with van der Waals surface area (Å²) in [6.07, 6.45) is 6.97. The van der Waals surface area contributed by atoms with Crippen molar-refractivity contribution in [3.8, 4) is 5.75 Å². The van der Waals surface area contributed by atoms with Gasteiger partial charge in [-0.1, -0.05) is 35.8 Å². The van der Waals surface area contributed by atoms with Gasteiger partial charge in [0.25, 0.3) is 0 Å². The molecule has 2 nitrogen and oxygen atoms in total. The Morgan fingerprint density at radius 1 is 1.20 bits per heavy atom. The first-order chi connectivity index (χ1) is 9.39. The highest BCUT2D eigenvalue weighted by Crippen LogP contribution is 2.48. The molecule has 1 heterocycles. The summed E-state index contributed by atoms with van der Waals surface area (Å²) in [5.74, 6) is 0.984. The van der Waals surface area contributed by atoms with E-state index in [1.54, 1.807) is 0 Å². The topological polar surface area (TPSA) is 35.2 Å². The molecule has 1 aromatic rings. The minimum Gasteiger partial charge on any atom is -0.487 e. The second kappa shape index (κ2) is 5.03. The number of benzene rings is 1. The first-order valence-electron chi connectivity index (χ1n) is 7.63. The van der Waals surface area contributed by atoms with E-state index in [1.165, 1.54) is 19.3 Å². The van der Waals surface area contributed by atoms with Crippen molar-refractivity contribution in [1.29, 1.82) is 0 Å². The van der Waals surface area contributed by atoms with Crippen molar-refractivity contribution in [3.63, 3.8) is 0 Å². The molecule has 0 radical (unpaired) electrons. The minimum absolute atomic E-state index is 0.0407. The normalized spacial score (nSPS) is 32.3. The van der Waals surface area contributed by atoms with Crippen LogP contribution in [0.15, 0.2) is 22.7 Å². The van der Waals surface area contributed by atoms with Gasteiger partial charge in [-0.2, -0.15) is 0 Å². The first kappa shape index (κ1) is 14.4. The summed E-state index contributed by atoms with van der Waals surface area (Å²) >= 11 is 3.54. The molecule has 1 aliphatic carbocycles. The van der Waals surface area contributed by atoms with E-state index in [4.69, 9.17) is 10.5 Å². The number of rotatable bonds is 0. The lowest BCUT2D eigenvalue weighted by atomic mass is 9.80. The van der Waals surface area contributed by atoms with E-state index in [0.29, 0.717) is 5.41 Å². The Morgan fingerprint density at radius 2 is 2.00 bits per heavy atom. The average molecular weight is 338 g/mol. The molecule has 0 aromatic heterocycles. The molecule has 1 fully saturated rings. The molecule has 2 unspecified atom stereocenters. The number of nitrogens with two attached hydrogens (primary N) is 1. The molecule has 0 amide bonds. The largest absolute Gasteiger partial charge is 0.487 e. The molecule has 2 aliphatic rings. The van der Waals surface area contributed by atoms with Crippen LogP contribution in [-0.2, 0) is 0 Å². The number of fused-ring (bicyclic) bond motifs is 1. The molecule has 110 valence electrons. The van der Waals surface area contributed by atoms with Gasteiger partial charge in [-0.25, -0.2) is 0 Å². The van der Waals surface area contributed by atoms with Crippen LogP contribution in [0.2, 0.25) is 0 Å². The van der Waals surface area contributed by atoms with Gasteiger partial charge in [0.1, 0.15) is 11.4 Å². The van der Waals surface area contributed by atoms with Crippen LogP contribution >= 0.6 is 15.9 Å². The molecule has 1 spiro atoms. The summed E-state index contributed by atoms with van der Waals surface area (Å²) in [6, 6.07) is 6.33. The van der Waals surface area contributed by atoms with Crippen molar-refractivity contribution in [2.45, 2.75) is 64.0 Å². The van der Waals surface area contributed by atoms with Gasteiger partial charge in [0, 0.05) is 22.5 Å². The molecule has 0 saturated heterocycles. The van der Waals surface area contributed by atoms with Gasteiger partial charge in [0.2, 0.25) is 0 Å². The van der Waals surface area contributed by atoms with E-state index in [2.05, 4.69) is 48.0 Å². The van der Waals surface area contributed by atoms with Crippen LogP contribution in [0.25, 0.3) is 0 Å². The Labute approximate surface area is 130 Å². The van der Waals surface area contributed by atoms with E-state index >= 15 is 0 Å². The second-order valence-electron chi connectivity index (χ2n) is 7.30. The van der Waals surface area contributed by atoms with Crippen molar-refractivity contribution in [2.75, 3.05) is 0 Å². The predicted molar refractivity (Wildman–Crippen MR) is 85.9 cm³/mol. The maximum atomic E-state index is 6.47. The Hall–Kier alpha value is -0.540. The van der Waals surface area contributed by atoms with E-state index < -0.39 is 0 Å². The number of ether oxygens (including phenoxy) is 1. The lowest BCUT2D eigenvalue weighted by Gasteiger charge is -2.41. The fourth-order valence-electron chi connectivity index (χ4n) is 3.70. The third-order valence-corrected chi connectivity index (χ3v) is 5.53. The molecule has 1 aromatic carbocycles. The summed E-state index contributed by atoms with van der Waals surface area (Å²) in [4.78, 5) is 0. The Balaban J connectivity index is 1.90. The van der Waals surface area contributed by atoms with Gasteiger partial charge in [0.05, 0.1) is 0 Å². The van der Waals surface area contributed by atoms with Gasteiger partial charge in [-0.15, -0.1) is 0 Å². The fraction of sp³-hybridized carbons (Fsp3) is 0.647. The van der Waals surface area contributed by atoms with Crippen molar-refractivity contribution in [1.82, 2.24) is 0 Å². The third-order valence-electron chi connectivity index (χ3n) is 5.04. The smallest absolute Gasteiger partial charge is 0.126 e. The molecule has 0 bridgehead atoms. The molecule has 1 saturated carbocycles. The number of hydrogen-bond acceptors (Lipinski definition) is 2. The quantitative estimate of drug-likeness (QED) is 0.726. The van der Waals surface area contributed by atoms with Gasteiger partial charge in [-0.3, -0.25) is 0 Å². The van der Waals surface area contributed by atoms with Crippen LogP contribution in [0, 0.1) is 5.41 Å². The molecule has 1 aliphatic heterocycles. The van der Waals surface area contributed by atoms with E-state index in [0.717, 1.165) is 35.0 Å². The van der Waals surface area contributed by atoms with E-state index in [9.17, 15) is 0 Å². The highest BCUT2D eigenvalue weighted by atomic mass is 79.9. The summed E-state index contributed by atoms with van der Waals surface area (Å²) < 4.78 is 7.54. The van der Waals surface area contributed by atoms with Crippen LogP contribution < -0.4 is 10.5 Å². The number of hydrogen-bond donors (Lipinski definition) is 1. The molecule has 20 heavy (non-hydrogen) atoms. The zero-order valence-corrected chi connectivity index (χ0v) is 14.0. The molecular formula is C17H24BrNO. The summed E-state index contributed by atoms with van der Waals surface area (Å²) in [5.41, 5.74) is 7.98. The first-order valence-corrected chi connectivity index (χ1v) is 8.43. The van der Waals surface area contributed by atoms with Gasteiger partial charge >= 0.3 is 0 Å². The second-order valence-corrected chi connectivity index (χ2v) is 8.21. The van der Waals surface area contributed by atoms with Gasteiger partial charge in [0.15, 0.2) is 0 Å². The maximum Gasteiger partial charge on any atom is 0.126 e. The predicted octanol–water partition coefficient (Wildman–Crippen LogP) is 4.96. The zero-order chi connectivity index (χ0) is 14.4. The lowest BCUT2D eigenvalue weighted by Crippen LogP contribution is -2.42. The standard InChI is InChI=1S/C17H24BrNO/c1-16(2)6-3-7-17(9-8-16)11-14(19)13-5-4-12(18)10-15(13)20-17/h4-5,10,14H,3,6-9,11,19H2,1-2H3. The molecule has 3 heteroatoms. The summed E-state index contributed by atoms with van der Waals surface area (Å²) in [5, 5.41) is 0. The molecular weight excluding hydrogens is 314 g/mol. The Morgan fingerprint density at radius 3 is 2.80 bits per heavy atom. The minimum atomic E-state index is -0.0407. The van der Waals surface area contributed by atoms with Crippen LogP contribution in [-0.4, -0.2) is 5.60 Å². The van der Waals surface area contributed by atoms with Gasteiger partial charge in [-0.05, 0) is 49.7 Å². The Kier molecular flexibility index (Phi) is 3.62. The molecule has 3 rings (SSSR count). The van der Waals surface area contributed by atoms with Crippen LogP contribution in [0.5, 0.6) is 5.75 Å². The van der Waals surface area contributed by atoms with Crippen LogP contribution in [0.1, 0.15) is 64.0 Å². The van der Waals surface area contributed by atoms with Crippen molar-refractivity contribution in [3.05, 3.63) is 28.2 Å².